The third-order valence-corrected chi connectivity index (χ3v) is 9.60. The summed E-state index contributed by atoms with van der Waals surface area (Å²) in [7, 11) is 3.04. The van der Waals surface area contributed by atoms with Crippen molar-refractivity contribution < 1.29 is 23.9 Å². The van der Waals surface area contributed by atoms with Gasteiger partial charge in [-0.3, -0.25) is 14.4 Å². The molecule has 2 unspecified atom stereocenters. The quantitative estimate of drug-likeness (QED) is 0.426. The molecular formula is C32H42ClN5O5. The molecule has 11 heteroatoms. The topological polar surface area (TPSA) is 95.5 Å². The average molecular weight is 612 g/mol. The molecule has 10 nitrogen and oxygen atoms in total. The van der Waals surface area contributed by atoms with Crippen molar-refractivity contribution in [3.63, 3.8) is 0 Å². The lowest BCUT2D eigenvalue weighted by molar-refractivity contribution is -0.133. The Hall–Kier alpha value is -3.37. The number of methoxy groups -OCH3 is 2. The number of hydrogen-bond donors (Lipinski definition) is 0. The fourth-order valence-corrected chi connectivity index (χ4v) is 6.87. The Kier molecular flexibility index (Phi) is 9.76. The van der Waals surface area contributed by atoms with Crippen LogP contribution in [0.4, 0.5) is 5.69 Å². The van der Waals surface area contributed by atoms with E-state index >= 15 is 0 Å². The van der Waals surface area contributed by atoms with Crippen LogP contribution in [-0.2, 0) is 9.59 Å². The van der Waals surface area contributed by atoms with E-state index in [1.165, 1.54) is 14.2 Å². The fraction of sp³-hybridized carbons (Fsp3) is 0.562. The minimum absolute atomic E-state index is 0.0620. The van der Waals surface area contributed by atoms with E-state index in [0.29, 0.717) is 73.9 Å². The van der Waals surface area contributed by atoms with Crippen LogP contribution in [0, 0.1) is 24.7 Å². The van der Waals surface area contributed by atoms with Gasteiger partial charge in [0.15, 0.2) is 0 Å². The zero-order chi connectivity index (χ0) is 30.7. The number of halogens is 1. The number of carbonyl (C=O) groups excluding carboxylic acids is 3. The van der Waals surface area contributed by atoms with E-state index in [0.717, 1.165) is 37.3 Å². The highest BCUT2D eigenvalue weighted by molar-refractivity contribution is 6.31. The molecule has 3 saturated heterocycles. The number of aryl methyl sites for hydroxylation is 1. The molecule has 4 heterocycles. The van der Waals surface area contributed by atoms with Crippen LogP contribution < -0.4 is 14.4 Å². The molecule has 1 aromatic carbocycles. The van der Waals surface area contributed by atoms with Crippen LogP contribution in [-0.4, -0.2) is 104 Å². The van der Waals surface area contributed by atoms with Crippen molar-refractivity contribution in [3.8, 4) is 11.8 Å². The Labute approximate surface area is 258 Å². The van der Waals surface area contributed by atoms with E-state index in [2.05, 4.69) is 9.88 Å². The van der Waals surface area contributed by atoms with Crippen LogP contribution >= 0.6 is 11.6 Å². The molecule has 3 fully saturated rings. The van der Waals surface area contributed by atoms with Gasteiger partial charge < -0.3 is 29.1 Å². The van der Waals surface area contributed by atoms with Crippen LogP contribution in [0.15, 0.2) is 30.3 Å². The number of nitrogens with zero attached hydrogens (tertiary/aromatic N) is 5. The molecule has 3 aliphatic heterocycles. The minimum Gasteiger partial charge on any atom is -0.481 e. The molecule has 0 bridgehead atoms. The fourth-order valence-electron chi connectivity index (χ4n) is 6.69. The monoisotopic (exact) mass is 611 g/mol. The summed E-state index contributed by atoms with van der Waals surface area (Å²) < 4.78 is 10.5. The molecule has 0 radical (unpaired) electrons. The van der Waals surface area contributed by atoms with Gasteiger partial charge in [-0.15, -0.1) is 0 Å². The lowest BCUT2D eigenvalue weighted by atomic mass is 9.94. The average Bonchev–Trinajstić information content (AvgIpc) is 3.59. The van der Waals surface area contributed by atoms with Crippen molar-refractivity contribution in [1.29, 1.82) is 0 Å². The summed E-state index contributed by atoms with van der Waals surface area (Å²) in [6, 6.07) is 9.22. The number of carbonyl (C=O) groups is 3. The molecular weight excluding hydrogens is 570 g/mol. The van der Waals surface area contributed by atoms with Gasteiger partial charge in [0.05, 0.1) is 14.2 Å². The molecule has 5 rings (SSSR count). The maximum absolute atomic E-state index is 13.8. The van der Waals surface area contributed by atoms with Crippen molar-refractivity contribution in [2.75, 3.05) is 71.5 Å². The van der Waals surface area contributed by atoms with Gasteiger partial charge >= 0.3 is 0 Å². The second-order valence-corrected chi connectivity index (χ2v) is 12.4. The summed E-state index contributed by atoms with van der Waals surface area (Å²) in [6.07, 6.45) is 2.19. The smallest absolute Gasteiger partial charge is 0.259 e. The van der Waals surface area contributed by atoms with Crippen LogP contribution in [0.3, 0.4) is 0 Å². The predicted octanol–water partition coefficient (Wildman–Crippen LogP) is 3.75. The number of anilines is 1. The van der Waals surface area contributed by atoms with Gasteiger partial charge in [0.25, 0.3) is 5.91 Å². The van der Waals surface area contributed by atoms with E-state index in [9.17, 15) is 14.4 Å². The molecule has 2 atom stereocenters. The molecule has 0 aliphatic carbocycles. The van der Waals surface area contributed by atoms with E-state index in [1.807, 2.05) is 39.8 Å². The van der Waals surface area contributed by atoms with Gasteiger partial charge in [0, 0.05) is 75.4 Å². The molecule has 3 aliphatic rings. The van der Waals surface area contributed by atoms with Crippen molar-refractivity contribution in [1.82, 2.24) is 19.7 Å². The van der Waals surface area contributed by atoms with Crippen LogP contribution in [0.25, 0.3) is 0 Å². The summed E-state index contributed by atoms with van der Waals surface area (Å²) in [5.74, 6) is 1.53. The van der Waals surface area contributed by atoms with Crippen molar-refractivity contribution in [2.24, 2.45) is 17.8 Å². The number of amides is 3. The number of pyridine rings is 1. The van der Waals surface area contributed by atoms with E-state index in [1.54, 1.807) is 19.1 Å². The standard InChI is InChI=1S/C32H42ClN5O5/c1-21-6-7-26(16-28(21)33)38(31(40)23-10-14-36(15-11-23)22(2)39)13-5-12-35-17-24-19-37(20-25(24)18-35)32(41)27-8-9-29(42-3)34-30(27)43-4/h6-9,16,23-25H,5,10-15,17-20H2,1-4H3. The normalized spacial score (nSPS) is 20.7. The summed E-state index contributed by atoms with van der Waals surface area (Å²) in [6.45, 7) is 9.54. The Morgan fingerprint density at radius 1 is 0.977 bits per heavy atom. The van der Waals surface area contributed by atoms with Gasteiger partial charge in [-0.1, -0.05) is 17.7 Å². The maximum Gasteiger partial charge on any atom is 0.259 e. The number of likely N-dealkylation sites (tertiary alicyclic amines) is 3. The first-order valence-corrected chi connectivity index (χ1v) is 15.5. The Balaban J connectivity index is 1.16. The number of rotatable bonds is 9. The second kappa shape index (κ2) is 13.5. The highest BCUT2D eigenvalue weighted by Gasteiger charge is 2.42. The molecule has 3 amide bonds. The van der Waals surface area contributed by atoms with Gasteiger partial charge in [-0.2, -0.15) is 4.98 Å². The summed E-state index contributed by atoms with van der Waals surface area (Å²) >= 11 is 6.46. The first-order chi connectivity index (χ1) is 20.7. The Bertz CT molecular complexity index is 1330. The summed E-state index contributed by atoms with van der Waals surface area (Å²) in [5, 5.41) is 0.649. The van der Waals surface area contributed by atoms with Crippen molar-refractivity contribution in [3.05, 3.63) is 46.5 Å². The molecule has 0 spiro atoms. The number of piperidine rings is 1. The highest BCUT2D eigenvalue weighted by Crippen LogP contribution is 2.34. The van der Waals surface area contributed by atoms with Gasteiger partial charge in [0.1, 0.15) is 5.56 Å². The number of ether oxygens (including phenoxy) is 2. The van der Waals surface area contributed by atoms with Crippen LogP contribution in [0.1, 0.15) is 42.1 Å². The number of aromatic nitrogens is 1. The van der Waals surface area contributed by atoms with Gasteiger partial charge in [-0.25, -0.2) is 0 Å². The molecule has 0 saturated carbocycles. The zero-order valence-electron chi connectivity index (χ0n) is 25.6. The number of benzene rings is 1. The first-order valence-electron chi connectivity index (χ1n) is 15.1. The SMILES string of the molecule is COc1ccc(C(=O)N2CC3CN(CCCN(C(=O)C4CCN(C(C)=O)CC4)c4ccc(C)c(Cl)c4)CC3C2)c(OC)n1. The second-order valence-electron chi connectivity index (χ2n) is 12.0. The highest BCUT2D eigenvalue weighted by atomic mass is 35.5. The number of hydrogen-bond acceptors (Lipinski definition) is 7. The van der Waals surface area contributed by atoms with Crippen LogP contribution in [0.5, 0.6) is 11.8 Å². The molecule has 1 aromatic heterocycles. The molecule has 0 N–H and O–H groups in total. The summed E-state index contributed by atoms with van der Waals surface area (Å²) in [5.41, 5.74) is 2.25. The summed E-state index contributed by atoms with van der Waals surface area (Å²) in [4.78, 5) is 51.2. The van der Waals surface area contributed by atoms with E-state index in [-0.39, 0.29) is 29.5 Å². The largest absolute Gasteiger partial charge is 0.481 e. The Morgan fingerprint density at radius 3 is 2.28 bits per heavy atom. The zero-order valence-corrected chi connectivity index (χ0v) is 26.3. The van der Waals surface area contributed by atoms with Gasteiger partial charge in [0.2, 0.25) is 23.6 Å². The van der Waals surface area contributed by atoms with Crippen LogP contribution in [0.2, 0.25) is 5.02 Å². The van der Waals surface area contributed by atoms with Crippen molar-refractivity contribution >= 4 is 35.0 Å². The number of fused-ring (bicyclic) bond motifs is 1. The Morgan fingerprint density at radius 2 is 1.67 bits per heavy atom. The first kappa shape index (κ1) is 31.1. The molecule has 232 valence electrons. The predicted molar refractivity (Wildman–Crippen MR) is 165 cm³/mol. The molecule has 43 heavy (non-hydrogen) atoms. The van der Waals surface area contributed by atoms with Crippen molar-refractivity contribution in [2.45, 2.75) is 33.1 Å². The molecule has 2 aromatic rings. The van der Waals surface area contributed by atoms with E-state index < -0.39 is 0 Å². The lowest BCUT2D eigenvalue weighted by Gasteiger charge is -2.34. The minimum atomic E-state index is -0.107. The third-order valence-electron chi connectivity index (χ3n) is 9.20. The maximum atomic E-state index is 13.8. The third kappa shape index (κ3) is 6.91. The van der Waals surface area contributed by atoms with Gasteiger partial charge in [-0.05, 0) is 68.3 Å². The van der Waals surface area contributed by atoms with E-state index in [4.69, 9.17) is 21.1 Å². The lowest BCUT2D eigenvalue weighted by Crippen LogP contribution is -2.44.